The van der Waals surface area contributed by atoms with Crippen molar-refractivity contribution >= 4 is 33.5 Å². The monoisotopic (exact) mass is 341 g/mol. The van der Waals surface area contributed by atoms with Gasteiger partial charge in [0.15, 0.2) is 0 Å². The number of rotatable bonds is 6. The molecule has 0 unspecified atom stereocenters. The van der Waals surface area contributed by atoms with E-state index in [9.17, 15) is 14.7 Å². The van der Waals surface area contributed by atoms with Gasteiger partial charge in [0.05, 0.1) is 11.1 Å². The molecule has 0 saturated heterocycles. The van der Waals surface area contributed by atoms with Crippen LogP contribution in [0.15, 0.2) is 22.7 Å². The van der Waals surface area contributed by atoms with Crippen molar-refractivity contribution in [2.75, 3.05) is 5.32 Å². The van der Waals surface area contributed by atoms with Crippen molar-refractivity contribution in [3.05, 3.63) is 28.2 Å². The van der Waals surface area contributed by atoms with Crippen LogP contribution in [0.5, 0.6) is 0 Å². The molecule has 20 heavy (non-hydrogen) atoms. The number of anilines is 1. The fourth-order valence-corrected chi connectivity index (χ4v) is 2.69. The van der Waals surface area contributed by atoms with Gasteiger partial charge in [0.1, 0.15) is 0 Å². The van der Waals surface area contributed by atoms with E-state index in [-0.39, 0.29) is 12.3 Å². The summed E-state index contributed by atoms with van der Waals surface area (Å²) in [6, 6.07) is 5.60. The molecule has 0 aliphatic rings. The third-order valence-electron chi connectivity index (χ3n) is 3.70. The molecule has 110 valence electrons. The average Bonchev–Trinajstić information content (AvgIpc) is 2.39. The number of amides is 1. The van der Waals surface area contributed by atoms with Crippen LogP contribution in [0, 0.1) is 12.3 Å². The standard InChI is InChI=1S/C15H20BrNO3/c1-4-15(5-2,14(19)20)9-13(18)17-12-7-6-10(3)8-11(12)16/h6-8H,4-5,9H2,1-3H3,(H,17,18)(H,19,20). The van der Waals surface area contributed by atoms with Gasteiger partial charge in [-0.1, -0.05) is 19.9 Å². The second-order valence-electron chi connectivity index (χ2n) is 5.00. The van der Waals surface area contributed by atoms with Gasteiger partial charge in [-0.05, 0) is 53.4 Å². The van der Waals surface area contributed by atoms with Crippen molar-refractivity contribution in [3.8, 4) is 0 Å². The zero-order valence-corrected chi connectivity index (χ0v) is 13.6. The zero-order valence-electron chi connectivity index (χ0n) is 12.0. The number of aliphatic carboxylic acids is 1. The van der Waals surface area contributed by atoms with E-state index in [4.69, 9.17) is 0 Å². The van der Waals surface area contributed by atoms with Crippen molar-refractivity contribution in [1.82, 2.24) is 0 Å². The molecule has 0 spiro atoms. The van der Waals surface area contributed by atoms with E-state index in [0.717, 1.165) is 10.0 Å². The Morgan fingerprint density at radius 2 is 1.90 bits per heavy atom. The molecule has 4 nitrogen and oxygen atoms in total. The van der Waals surface area contributed by atoms with E-state index in [0.29, 0.717) is 18.5 Å². The van der Waals surface area contributed by atoms with Crippen molar-refractivity contribution in [3.63, 3.8) is 0 Å². The zero-order chi connectivity index (χ0) is 15.3. The molecular formula is C15H20BrNO3. The van der Waals surface area contributed by atoms with Crippen LogP contribution < -0.4 is 5.32 Å². The maximum Gasteiger partial charge on any atom is 0.310 e. The van der Waals surface area contributed by atoms with E-state index < -0.39 is 11.4 Å². The van der Waals surface area contributed by atoms with E-state index in [1.54, 1.807) is 19.9 Å². The van der Waals surface area contributed by atoms with E-state index in [2.05, 4.69) is 21.2 Å². The Labute approximate surface area is 127 Å². The van der Waals surface area contributed by atoms with Gasteiger partial charge in [-0.15, -0.1) is 0 Å². The number of carboxylic acids is 1. The third kappa shape index (κ3) is 3.82. The van der Waals surface area contributed by atoms with Gasteiger partial charge < -0.3 is 10.4 Å². The highest BCUT2D eigenvalue weighted by atomic mass is 79.9. The van der Waals surface area contributed by atoms with Crippen LogP contribution in [0.25, 0.3) is 0 Å². The number of aryl methyl sites for hydroxylation is 1. The van der Waals surface area contributed by atoms with Crippen molar-refractivity contribution in [2.45, 2.75) is 40.0 Å². The predicted molar refractivity (Wildman–Crippen MR) is 82.8 cm³/mol. The van der Waals surface area contributed by atoms with Crippen LogP contribution in [0.4, 0.5) is 5.69 Å². The molecule has 0 aliphatic heterocycles. The molecule has 0 bridgehead atoms. The Morgan fingerprint density at radius 1 is 1.30 bits per heavy atom. The molecule has 5 heteroatoms. The lowest BCUT2D eigenvalue weighted by atomic mass is 9.79. The molecular weight excluding hydrogens is 322 g/mol. The van der Waals surface area contributed by atoms with Gasteiger partial charge in [0, 0.05) is 10.9 Å². The lowest BCUT2D eigenvalue weighted by molar-refractivity contribution is -0.151. The number of halogens is 1. The lowest BCUT2D eigenvalue weighted by Crippen LogP contribution is -2.34. The fraction of sp³-hybridized carbons (Fsp3) is 0.467. The van der Waals surface area contributed by atoms with E-state index in [1.807, 2.05) is 19.1 Å². The normalized spacial score (nSPS) is 11.2. The van der Waals surface area contributed by atoms with E-state index >= 15 is 0 Å². The Balaban J connectivity index is 2.83. The number of nitrogens with one attached hydrogen (secondary N) is 1. The summed E-state index contributed by atoms with van der Waals surface area (Å²) in [6.45, 7) is 5.55. The molecule has 1 aromatic rings. The molecule has 0 radical (unpaired) electrons. The lowest BCUT2D eigenvalue weighted by Gasteiger charge is -2.25. The number of hydrogen-bond donors (Lipinski definition) is 2. The highest BCUT2D eigenvalue weighted by molar-refractivity contribution is 9.10. The highest BCUT2D eigenvalue weighted by Crippen LogP contribution is 2.32. The molecule has 1 amide bonds. The summed E-state index contributed by atoms with van der Waals surface area (Å²) >= 11 is 3.39. The fourth-order valence-electron chi connectivity index (χ4n) is 2.10. The highest BCUT2D eigenvalue weighted by Gasteiger charge is 2.37. The molecule has 1 aromatic carbocycles. The molecule has 0 atom stereocenters. The van der Waals surface area contributed by atoms with Crippen LogP contribution in [-0.4, -0.2) is 17.0 Å². The number of carbonyl (C=O) groups excluding carboxylic acids is 1. The van der Waals surface area contributed by atoms with Gasteiger partial charge in [0.2, 0.25) is 5.91 Å². The van der Waals surface area contributed by atoms with Gasteiger partial charge in [-0.3, -0.25) is 9.59 Å². The summed E-state index contributed by atoms with van der Waals surface area (Å²) in [4.78, 5) is 23.5. The SMILES string of the molecule is CCC(CC)(CC(=O)Nc1ccc(C)cc1Br)C(=O)O. The van der Waals surface area contributed by atoms with Gasteiger partial charge >= 0.3 is 5.97 Å². The predicted octanol–water partition coefficient (Wildman–Crippen LogP) is 3.98. The van der Waals surface area contributed by atoms with Crippen molar-refractivity contribution in [1.29, 1.82) is 0 Å². The number of hydrogen-bond acceptors (Lipinski definition) is 2. The Hall–Kier alpha value is -1.36. The number of carboxylic acid groups (broad SMARTS) is 1. The largest absolute Gasteiger partial charge is 0.481 e. The summed E-state index contributed by atoms with van der Waals surface area (Å²) in [5, 5.41) is 12.1. The van der Waals surface area contributed by atoms with Crippen LogP contribution in [0.1, 0.15) is 38.7 Å². The quantitative estimate of drug-likeness (QED) is 0.822. The smallest absolute Gasteiger partial charge is 0.310 e. The molecule has 0 heterocycles. The van der Waals surface area contributed by atoms with Crippen LogP contribution in [0.2, 0.25) is 0 Å². The Kier molecular flexibility index (Phi) is 5.74. The first kappa shape index (κ1) is 16.7. The second-order valence-corrected chi connectivity index (χ2v) is 5.86. The summed E-state index contributed by atoms with van der Waals surface area (Å²) in [5.74, 6) is -1.19. The number of carbonyl (C=O) groups is 2. The van der Waals surface area contributed by atoms with Gasteiger partial charge in [0.25, 0.3) is 0 Å². The summed E-state index contributed by atoms with van der Waals surface area (Å²) < 4.78 is 0.791. The first-order chi connectivity index (χ1) is 9.34. The molecule has 0 saturated carbocycles. The van der Waals surface area contributed by atoms with Crippen LogP contribution in [-0.2, 0) is 9.59 Å². The van der Waals surface area contributed by atoms with Crippen LogP contribution >= 0.6 is 15.9 Å². The average molecular weight is 342 g/mol. The minimum Gasteiger partial charge on any atom is -0.481 e. The van der Waals surface area contributed by atoms with Crippen molar-refractivity contribution in [2.24, 2.45) is 5.41 Å². The second kappa shape index (κ2) is 6.88. The minimum atomic E-state index is -0.985. The minimum absolute atomic E-state index is 0.0182. The molecule has 1 rings (SSSR count). The topological polar surface area (TPSA) is 66.4 Å². The number of benzene rings is 1. The van der Waals surface area contributed by atoms with Crippen molar-refractivity contribution < 1.29 is 14.7 Å². The summed E-state index contributed by atoms with van der Waals surface area (Å²) in [5.41, 5.74) is 0.755. The summed E-state index contributed by atoms with van der Waals surface area (Å²) in [6.07, 6.45) is 0.846. The first-order valence-electron chi connectivity index (χ1n) is 6.64. The maximum absolute atomic E-state index is 12.1. The van der Waals surface area contributed by atoms with Crippen LogP contribution in [0.3, 0.4) is 0 Å². The molecule has 2 N–H and O–H groups in total. The van der Waals surface area contributed by atoms with E-state index in [1.165, 1.54) is 0 Å². The summed E-state index contributed by atoms with van der Waals surface area (Å²) in [7, 11) is 0. The Bertz CT molecular complexity index is 510. The third-order valence-corrected chi connectivity index (χ3v) is 4.36. The molecule has 0 fully saturated rings. The van der Waals surface area contributed by atoms with Gasteiger partial charge in [-0.2, -0.15) is 0 Å². The molecule has 0 aliphatic carbocycles. The molecule has 0 aromatic heterocycles. The first-order valence-corrected chi connectivity index (χ1v) is 7.43. The van der Waals surface area contributed by atoms with Gasteiger partial charge in [-0.25, -0.2) is 0 Å². The Morgan fingerprint density at radius 3 is 2.35 bits per heavy atom. The maximum atomic E-state index is 12.1.